The van der Waals surface area contributed by atoms with Crippen LogP contribution in [0.5, 0.6) is 0 Å². The number of amides is 1. The van der Waals surface area contributed by atoms with Crippen LogP contribution < -0.4 is 11.1 Å². The van der Waals surface area contributed by atoms with Gasteiger partial charge in [-0.25, -0.2) is 0 Å². The van der Waals surface area contributed by atoms with E-state index >= 15 is 0 Å². The zero-order valence-corrected chi connectivity index (χ0v) is 13.0. The maximum absolute atomic E-state index is 11.8. The average Bonchev–Trinajstić information content (AvgIpc) is 2.52. The monoisotopic (exact) mass is 292 g/mol. The van der Waals surface area contributed by atoms with E-state index in [1.165, 1.54) is 5.56 Å². The molecule has 0 spiro atoms. The zero-order chi connectivity index (χ0) is 15.3. The minimum atomic E-state index is -0.439. The fourth-order valence-corrected chi connectivity index (χ4v) is 1.96. The molecular weight excluding hydrogens is 264 g/mol. The lowest BCUT2D eigenvalue weighted by molar-refractivity contribution is -0.122. The maximum atomic E-state index is 11.8. The third-order valence-corrected chi connectivity index (χ3v) is 3.33. The van der Waals surface area contributed by atoms with Crippen LogP contribution in [-0.4, -0.2) is 31.7 Å². The Morgan fingerprint density at radius 3 is 2.67 bits per heavy atom. The molecule has 0 radical (unpaired) electrons. The molecular formula is C17H28N2O2. The number of rotatable bonds is 11. The predicted octanol–water partition coefficient (Wildman–Crippen LogP) is 2.27. The first kappa shape index (κ1) is 17.7. The quantitative estimate of drug-likeness (QED) is 0.615. The van der Waals surface area contributed by atoms with Crippen LogP contribution in [0.4, 0.5) is 0 Å². The molecule has 0 aliphatic carbocycles. The molecule has 0 aliphatic heterocycles. The van der Waals surface area contributed by atoms with E-state index in [9.17, 15) is 4.79 Å². The summed E-state index contributed by atoms with van der Waals surface area (Å²) >= 11 is 0. The lowest BCUT2D eigenvalue weighted by atomic mass is 10.1. The third-order valence-electron chi connectivity index (χ3n) is 3.33. The summed E-state index contributed by atoms with van der Waals surface area (Å²) in [5.41, 5.74) is 7.12. The van der Waals surface area contributed by atoms with Crippen molar-refractivity contribution in [3.05, 3.63) is 35.9 Å². The third kappa shape index (κ3) is 8.48. The minimum Gasteiger partial charge on any atom is -0.381 e. The van der Waals surface area contributed by atoms with Crippen molar-refractivity contribution in [1.82, 2.24) is 5.32 Å². The van der Waals surface area contributed by atoms with Gasteiger partial charge in [0.2, 0.25) is 5.91 Å². The predicted molar refractivity (Wildman–Crippen MR) is 86.1 cm³/mol. The van der Waals surface area contributed by atoms with Crippen LogP contribution in [0.15, 0.2) is 30.3 Å². The van der Waals surface area contributed by atoms with E-state index in [1.807, 2.05) is 18.2 Å². The molecule has 118 valence electrons. The number of nitrogens with one attached hydrogen (secondary N) is 1. The fraction of sp³-hybridized carbons (Fsp3) is 0.588. The molecule has 1 aromatic rings. The second kappa shape index (κ2) is 11.3. The van der Waals surface area contributed by atoms with Gasteiger partial charge in [-0.3, -0.25) is 4.79 Å². The van der Waals surface area contributed by atoms with Crippen LogP contribution in [0.2, 0.25) is 0 Å². The molecule has 4 heteroatoms. The summed E-state index contributed by atoms with van der Waals surface area (Å²) in [6, 6.07) is 9.65. The van der Waals surface area contributed by atoms with Gasteiger partial charge < -0.3 is 15.8 Å². The largest absolute Gasteiger partial charge is 0.381 e. The number of nitrogens with two attached hydrogens (primary N) is 1. The van der Waals surface area contributed by atoms with Gasteiger partial charge in [-0.1, -0.05) is 43.7 Å². The van der Waals surface area contributed by atoms with Crippen LogP contribution in [0.3, 0.4) is 0 Å². The Morgan fingerprint density at radius 1 is 1.24 bits per heavy atom. The van der Waals surface area contributed by atoms with Crippen molar-refractivity contribution in [3.63, 3.8) is 0 Å². The van der Waals surface area contributed by atoms with Crippen LogP contribution in [-0.2, 0) is 16.0 Å². The van der Waals surface area contributed by atoms with Gasteiger partial charge in [0.1, 0.15) is 0 Å². The molecule has 1 rings (SSSR count). The molecule has 0 aliphatic rings. The number of aryl methyl sites for hydroxylation is 1. The first-order valence-electron chi connectivity index (χ1n) is 7.89. The summed E-state index contributed by atoms with van der Waals surface area (Å²) in [5.74, 6) is -0.0699. The molecule has 1 aromatic carbocycles. The summed E-state index contributed by atoms with van der Waals surface area (Å²) in [7, 11) is 0. The second-order valence-electron chi connectivity index (χ2n) is 5.24. The number of hydrogen-bond donors (Lipinski definition) is 2. The Hall–Kier alpha value is -1.39. The Morgan fingerprint density at radius 2 is 1.95 bits per heavy atom. The fourth-order valence-electron chi connectivity index (χ4n) is 1.96. The lowest BCUT2D eigenvalue weighted by Crippen LogP contribution is -2.41. The molecule has 1 amide bonds. The lowest BCUT2D eigenvalue weighted by Gasteiger charge is -2.12. The number of unbranched alkanes of at least 4 members (excludes halogenated alkanes) is 1. The summed E-state index contributed by atoms with van der Waals surface area (Å²) in [6.07, 6.45) is 4.57. The van der Waals surface area contributed by atoms with E-state index in [0.717, 1.165) is 32.3 Å². The summed E-state index contributed by atoms with van der Waals surface area (Å²) in [4.78, 5) is 11.8. The number of carbonyl (C=O) groups is 1. The number of hydrogen-bond acceptors (Lipinski definition) is 3. The normalized spacial score (nSPS) is 12.1. The van der Waals surface area contributed by atoms with Crippen molar-refractivity contribution in [2.45, 2.75) is 45.1 Å². The van der Waals surface area contributed by atoms with E-state index in [0.29, 0.717) is 19.6 Å². The topological polar surface area (TPSA) is 64.3 Å². The zero-order valence-electron chi connectivity index (χ0n) is 13.0. The molecule has 0 heterocycles. The summed E-state index contributed by atoms with van der Waals surface area (Å²) < 4.78 is 5.44. The summed E-state index contributed by atoms with van der Waals surface area (Å²) in [6.45, 7) is 4.27. The molecule has 0 saturated carbocycles. The first-order chi connectivity index (χ1) is 10.2. The molecule has 0 unspecified atom stereocenters. The SMILES string of the molecule is CCCCOCCCNC(=O)[C@@H](N)CCc1ccccc1. The van der Waals surface area contributed by atoms with Crippen molar-refractivity contribution in [3.8, 4) is 0 Å². The standard InChI is InChI=1S/C17H28N2O2/c1-2-3-13-21-14-7-12-19-17(20)16(18)11-10-15-8-5-4-6-9-15/h4-6,8-9,16H,2-3,7,10-14,18H2,1H3,(H,19,20)/t16-/m0/s1. The average molecular weight is 292 g/mol. The van der Waals surface area contributed by atoms with Crippen LogP contribution in [0, 0.1) is 0 Å². The van der Waals surface area contributed by atoms with Gasteiger partial charge in [-0.15, -0.1) is 0 Å². The second-order valence-corrected chi connectivity index (χ2v) is 5.24. The van der Waals surface area contributed by atoms with Gasteiger partial charge in [0.05, 0.1) is 6.04 Å². The highest BCUT2D eigenvalue weighted by Gasteiger charge is 2.12. The Bertz CT molecular complexity index is 382. The Kier molecular flexibility index (Phi) is 9.49. The Balaban J connectivity index is 2.06. The number of benzene rings is 1. The van der Waals surface area contributed by atoms with Crippen molar-refractivity contribution in [2.24, 2.45) is 5.73 Å². The van der Waals surface area contributed by atoms with Gasteiger partial charge in [-0.05, 0) is 31.2 Å². The van der Waals surface area contributed by atoms with E-state index < -0.39 is 6.04 Å². The van der Waals surface area contributed by atoms with Crippen molar-refractivity contribution >= 4 is 5.91 Å². The van der Waals surface area contributed by atoms with Crippen molar-refractivity contribution in [2.75, 3.05) is 19.8 Å². The molecule has 3 N–H and O–H groups in total. The molecule has 21 heavy (non-hydrogen) atoms. The molecule has 0 fully saturated rings. The number of carbonyl (C=O) groups excluding carboxylic acids is 1. The van der Waals surface area contributed by atoms with Gasteiger partial charge in [0.25, 0.3) is 0 Å². The molecule has 4 nitrogen and oxygen atoms in total. The van der Waals surface area contributed by atoms with Crippen molar-refractivity contribution in [1.29, 1.82) is 0 Å². The van der Waals surface area contributed by atoms with Gasteiger partial charge in [-0.2, -0.15) is 0 Å². The van der Waals surface area contributed by atoms with Gasteiger partial charge in [0.15, 0.2) is 0 Å². The molecule has 0 bridgehead atoms. The van der Waals surface area contributed by atoms with Crippen LogP contribution >= 0.6 is 0 Å². The van der Waals surface area contributed by atoms with E-state index in [4.69, 9.17) is 10.5 Å². The highest BCUT2D eigenvalue weighted by atomic mass is 16.5. The van der Waals surface area contributed by atoms with Crippen LogP contribution in [0.25, 0.3) is 0 Å². The van der Waals surface area contributed by atoms with Gasteiger partial charge >= 0.3 is 0 Å². The Labute approximate surface area is 128 Å². The summed E-state index contributed by atoms with van der Waals surface area (Å²) in [5, 5.41) is 2.87. The molecule has 1 atom stereocenters. The minimum absolute atomic E-state index is 0.0699. The highest BCUT2D eigenvalue weighted by Crippen LogP contribution is 2.04. The van der Waals surface area contributed by atoms with E-state index in [1.54, 1.807) is 0 Å². The first-order valence-corrected chi connectivity index (χ1v) is 7.89. The maximum Gasteiger partial charge on any atom is 0.236 e. The highest BCUT2D eigenvalue weighted by molar-refractivity contribution is 5.81. The molecule has 0 aromatic heterocycles. The van der Waals surface area contributed by atoms with Crippen molar-refractivity contribution < 1.29 is 9.53 Å². The van der Waals surface area contributed by atoms with E-state index in [2.05, 4.69) is 24.4 Å². The van der Waals surface area contributed by atoms with Crippen LogP contribution in [0.1, 0.15) is 38.2 Å². The number of ether oxygens (including phenoxy) is 1. The molecule has 0 saturated heterocycles. The van der Waals surface area contributed by atoms with E-state index in [-0.39, 0.29) is 5.91 Å². The smallest absolute Gasteiger partial charge is 0.236 e. The van der Waals surface area contributed by atoms with Gasteiger partial charge in [0, 0.05) is 19.8 Å².